The van der Waals surface area contributed by atoms with Crippen LogP contribution in [0.25, 0.3) is 0 Å². The van der Waals surface area contributed by atoms with E-state index >= 15 is 0 Å². The highest BCUT2D eigenvalue weighted by Crippen LogP contribution is 2.25. The maximum Gasteiger partial charge on any atom is 0.163 e. The number of ether oxygens (including phenoxy) is 1. The van der Waals surface area contributed by atoms with Gasteiger partial charge in [-0.15, -0.1) is 11.3 Å². The number of carbonyl (C=O) groups is 1. The van der Waals surface area contributed by atoms with Crippen molar-refractivity contribution in [1.82, 2.24) is 0 Å². The predicted octanol–water partition coefficient (Wildman–Crippen LogP) is 4.32. The molecule has 0 radical (unpaired) electrons. The fraction of sp³-hybridized carbons (Fsp3) is 0.154. The number of benzene rings is 1. The molecule has 0 amide bonds. The van der Waals surface area contributed by atoms with Crippen LogP contribution in [0.15, 0.2) is 30.3 Å². The van der Waals surface area contributed by atoms with E-state index in [9.17, 15) is 9.18 Å². The molecule has 0 aliphatic carbocycles. The molecular formula is C13H10ClFO2S. The van der Waals surface area contributed by atoms with Crippen molar-refractivity contribution in [2.45, 2.75) is 13.5 Å². The monoisotopic (exact) mass is 284 g/mol. The molecule has 0 N–H and O–H groups in total. The molecule has 0 spiro atoms. The van der Waals surface area contributed by atoms with E-state index in [0.717, 1.165) is 4.88 Å². The number of halogens is 2. The lowest BCUT2D eigenvalue weighted by molar-refractivity contribution is 0.101. The molecule has 0 fully saturated rings. The summed E-state index contributed by atoms with van der Waals surface area (Å²) in [4.78, 5) is 12.3. The summed E-state index contributed by atoms with van der Waals surface area (Å²) in [5, 5.41) is 0. The zero-order chi connectivity index (χ0) is 13.1. The van der Waals surface area contributed by atoms with E-state index in [1.165, 1.54) is 36.5 Å². The molecule has 0 bridgehead atoms. The number of rotatable bonds is 4. The summed E-state index contributed by atoms with van der Waals surface area (Å²) in [5.41, 5.74) is 0.374. The third-order valence-corrected chi connectivity index (χ3v) is 3.53. The average Bonchev–Trinajstić information content (AvgIpc) is 2.72. The molecule has 2 aromatic rings. The molecule has 94 valence electrons. The van der Waals surface area contributed by atoms with Crippen LogP contribution in [0.2, 0.25) is 4.34 Å². The average molecular weight is 285 g/mol. The Bertz CT molecular complexity index is 580. The Morgan fingerprint density at radius 1 is 1.39 bits per heavy atom. The Hall–Kier alpha value is -1.39. The summed E-state index contributed by atoms with van der Waals surface area (Å²) in [6, 6.07) is 7.48. The summed E-state index contributed by atoms with van der Waals surface area (Å²) in [5.74, 6) is -0.333. The minimum Gasteiger partial charge on any atom is -0.487 e. The molecule has 18 heavy (non-hydrogen) atoms. The molecule has 0 unspecified atom stereocenters. The van der Waals surface area contributed by atoms with Crippen LogP contribution in [0.1, 0.15) is 22.2 Å². The second kappa shape index (κ2) is 5.50. The largest absolute Gasteiger partial charge is 0.487 e. The fourth-order valence-electron chi connectivity index (χ4n) is 1.48. The second-order valence-electron chi connectivity index (χ2n) is 3.69. The van der Waals surface area contributed by atoms with Crippen molar-refractivity contribution in [2.75, 3.05) is 0 Å². The SMILES string of the molecule is CC(=O)c1ccc(F)cc1OCc1ccc(Cl)s1. The fourth-order valence-corrected chi connectivity index (χ4v) is 2.49. The van der Waals surface area contributed by atoms with Gasteiger partial charge < -0.3 is 4.74 Å². The standard InChI is InChI=1S/C13H10ClFO2S/c1-8(16)11-4-2-9(15)6-12(11)17-7-10-3-5-13(14)18-10/h2-6H,7H2,1H3. The number of hydrogen-bond donors (Lipinski definition) is 0. The van der Waals surface area contributed by atoms with Gasteiger partial charge in [0, 0.05) is 10.9 Å². The van der Waals surface area contributed by atoms with Gasteiger partial charge in [0.15, 0.2) is 5.78 Å². The van der Waals surface area contributed by atoms with Gasteiger partial charge in [-0.2, -0.15) is 0 Å². The van der Waals surface area contributed by atoms with Gasteiger partial charge in [0.1, 0.15) is 18.2 Å². The molecule has 5 heteroatoms. The number of thiophene rings is 1. The first-order valence-corrected chi connectivity index (χ1v) is 6.43. The van der Waals surface area contributed by atoms with Crippen LogP contribution >= 0.6 is 22.9 Å². The van der Waals surface area contributed by atoms with E-state index in [2.05, 4.69) is 0 Å². The molecule has 0 saturated carbocycles. The first-order chi connectivity index (χ1) is 8.56. The van der Waals surface area contributed by atoms with E-state index in [1.807, 2.05) is 6.07 Å². The molecule has 0 aliphatic rings. The van der Waals surface area contributed by atoms with Crippen LogP contribution in [-0.2, 0) is 6.61 Å². The molecule has 1 heterocycles. The maximum absolute atomic E-state index is 13.1. The van der Waals surface area contributed by atoms with Crippen LogP contribution in [0.3, 0.4) is 0 Å². The summed E-state index contributed by atoms with van der Waals surface area (Å²) in [6.07, 6.45) is 0. The Morgan fingerprint density at radius 3 is 2.78 bits per heavy atom. The van der Waals surface area contributed by atoms with Crippen LogP contribution in [-0.4, -0.2) is 5.78 Å². The number of ketones is 1. The number of Topliss-reactive ketones (excluding diaryl/α,β-unsaturated/α-hetero) is 1. The summed E-state index contributed by atoms with van der Waals surface area (Å²) in [7, 11) is 0. The Balaban J connectivity index is 2.17. The highest BCUT2D eigenvalue weighted by Gasteiger charge is 2.10. The molecule has 2 rings (SSSR count). The zero-order valence-electron chi connectivity index (χ0n) is 9.57. The van der Waals surface area contributed by atoms with Crippen LogP contribution in [0, 0.1) is 5.82 Å². The third kappa shape index (κ3) is 3.09. The Labute approximate surface area is 113 Å². The van der Waals surface area contributed by atoms with E-state index in [-0.39, 0.29) is 18.1 Å². The highest BCUT2D eigenvalue weighted by atomic mass is 35.5. The smallest absolute Gasteiger partial charge is 0.163 e. The molecule has 0 saturated heterocycles. The van der Waals surface area contributed by atoms with E-state index in [0.29, 0.717) is 9.90 Å². The maximum atomic E-state index is 13.1. The van der Waals surface area contributed by atoms with Crippen molar-refractivity contribution in [1.29, 1.82) is 0 Å². The van der Waals surface area contributed by atoms with Crippen molar-refractivity contribution in [3.63, 3.8) is 0 Å². The van der Waals surface area contributed by atoms with Crippen molar-refractivity contribution in [3.05, 3.63) is 50.9 Å². The van der Waals surface area contributed by atoms with Gasteiger partial charge in [0.2, 0.25) is 0 Å². The van der Waals surface area contributed by atoms with Gasteiger partial charge in [-0.1, -0.05) is 11.6 Å². The summed E-state index contributed by atoms with van der Waals surface area (Å²) < 4.78 is 19.3. The number of carbonyl (C=O) groups excluding carboxylic acids is 1. The van der Waals surface area contributed by atoms with Crippen molar-refractivity contribution in [3.8, 4) is 5.75 Å². The molecular weight excluding hydrogens is 275 g/mol. The van der Waals surface area contributed by atoms with Gasteiger partial charge in [0.25, 0.3) is 0 Å². The molecule has 0 aliphatic heterocycles. The first kappa shape index (κ1) is 13.1. The summed E-state index contributed by atoms with van der Waals surface area (Å²) in [6.45, 7) is 1.68. The van der Waals surface area contributed by atoms with Gasteiger partial charge >= 0.3 is 0 Å². The minimum atomic E-state index is -0.431. The highest BCUT2D eigenvalue weighted by molar-refractivity contribution is 7.16. The molecule has 1 aromatic carbocycles. The minimum absolute atomic E-state index is 0.158. The Morgan fingerprint density at radius 2 is 2.17 bits per heavy atom. The van der Waals surface area contributed by atoms with Crippen LogP contribution in [0.5, 0.6) is 5.75 Å². The third-order valence-electron chi connectivity index (χ3n) is 2.32. The normalized spacial score (nSPS) is 10.4. The van der Waals surface area contributed by atoms with Crippen molar-refractivity contribution >= 4 is 28.7 Å². The lowest BCUT2D eigenvalue weighted by Crippen LogP contribution is -2.01. The molecule has 1 aromatic heterocycles. The van der Waals surface area contributed by atoms with E-state index in [4.69, 9.17) is 16.3 Å². The zero-order valence-corrected chi connectivity index (χ0v) is 11.1. The first-order valence-electron chi connectivity index (χ1n) is 5.24. The van der Waals surface area contributed by atoms with Gasteiger partial charge in [-0.3, -0.25) is 4.79 Å². The van der Waals surface area contributed by atoms with Crippen LogP contribution in [0.4, 0.5) is 4.39 Å². The lowest BCUT2D eigenvalue weighted by Gasteiger charge is -2.08. The van der Waals surface area contributed by atoms with Gasteiger partial charge in [-0.05, 0) is 31.2 Å². The van der Waals surface area contributed by atoms with Crippen LogP contribution < -0.4 is 4.74 Å². The second-order valence-corrected chi connectivity index (χ2v) is 5.49. The van der Waals surface area contributed by atoms with Crippen molar-refractivity contribution < 1.29 is 13.9 Å². The quantitative estimate of drug-likeness (QED) is 0.782. The topological polar surface area (TPSA) is 26.3 Å². The molecule has 0 atom stereocenters. The van der Waals surface area contributed by atoms with E-state index < -0.39 is 5.82 Å². The number of hydrogen-bond acceptors (Lipinski definition) is 3. The van der Waals surface area contributed by atoms with Gasteiger partial charge in [0.05, 0.1) is 9.90 Å². The van der Waals surface area contributed by atoms with Gasteiger partial charge in [-0.25, -0.2) is 4.39 Å². The van der Waals surface area contributed by atoms with E-state index in [1.54, 1.807) is 6.07 Å². The lowest BCUT2D eigenvalue weighted by atomic mass is 10.1. The Kier molecular flexibility index (Phi) is 3.99. The van der Waals surface area contributed by atoms with Crippen molar-refractivity contribution in [2.24, 2.45) is 0 Å². The molecule has 2 nitrogen and oxygen atoms in total. The predicted molar refractivity (Wildman–Crippen MR) is 70.1 cm³/mol. The summed E-state index contributed by atoms with van der Waals surface area (Å²) >= 11 is 7.19.